The van der Waals surface area contributed by atoms with Crippen molar-refractivity contribution in [3.63, 3.8) is 0 Å². The molecule has 0 spiro atoms. The predicted molar refractivity (Wildman–Crippen MR) is 70.6 cm³/mol. The maximum atomic E-state index is 12.6. The van der Waals surface area contributed by atoms with Gasteiger partial charge < -0.3 is 14.2 Å². The Morgan fingerprint density at radius 2 is 2.11 bits per heavy atom. The average molecular weight is 263 g/mol. The van der Waals surface area contributed by atoms with Gasteiger partial charge >= 0.3 is 0 Å². The molecule has 1 amide bonds. The number of nitrogens with zero attached hydrogens (tertiary/aromatic N) is 3. The molecule has 2 aliphatic rings. The van der Waals surface area contributed by atoms with Gasteiger partial charge in [0.2, 0.25) is 5.91 Å². The van der Waals surface area contributed by atoms with Crippen LogP contribution in [-0.2, 0) is 22.5 Å². The van der Waals surface area contributed by atoms with E-state index in [2.05, 4.69) is 9.55 Å². The number of morpholine rings is 1. The van der Waals surface area contributed by atoms with Crippen molar-refractivity contribution in [1.82, 2.24) is 14.5 Å². The lowest BCUT2D eigenvalue weighted by atomic mass is 9.94. The van der Waals surface area contributed by atoms with E-state index in [4.69, 9.17) is 4.74 Å². The average Bonchev–Trinajstić information content (AvgIpc) is 2.83. The number of aromatic nitrogens is 2. The molecule has 0 N–H and O–H groups in total. The van der Waals surface area contributed by atoms with Gasteiger partial charge in [-0.2, -0.15) is 0 Å². The largest absolute Gasteiger partial charge is 0.372 e. The van der Waals surface area contributed by atoms with Gasteiger partial charge in [-0.3, -0.25) is 4.79 Å². The highest BCUT2D eigenvalue weighted by Gasteiger charge is 2.32. The van der Waals surface area contributed by atoms with Crippen LogP contribution in [0.1, 0.15) is 26.0 Å². The summed E-state index contributed by atoms with van der Waals surface area (Å²) in [6.07, 6.45) is 5.75. The smallest absolute Gasteiger partial charge is 0.226 e. The Morgan fingerprint density at radius 3 is 2.84 bits per heavy atom. The molecule has 1 aromatic rings. The topological polar surface area (TPSA) is 47.4 Å². The quantitative estimate of drug-likeness (QED) is 0.762. The van der Waals surface area contributed by atoms with Gasteiger partial charge in [-0.15, -0.1) is 0 Å². The summed E-state index contributed by atoms with van der Waals surface area (Å²) in [6, 6.07) is 0. The molecule has 5 nitrogen and oxygen atoms in total. The summed E-state index contributed by atoms with van der Waals surface area (Å²) in [4.78, 5) is 18.8. The highest BCUT2D eigenvalue weighted by molar-refractivity contribution is 5.79. The molecule has 2 aliphatic heterocycles. The Hall–Kier alpha value is -1.36. The number of aryl methyl sites for hydroxylation is 1. The van der Waals surface area contributed by atoms with E-state index in [-0.39, 0.29) is 24.0 Å². The summed E-state index contributed by atoms with van der Waals surface area (Å²) in [5, 5.41) is 0. The van der Waals surface area contributed by atoms with E-state index < -0.39 is 0 Å². The number of rotatable bonds is 1. The Balaban J connectivity index is 1.68. The molecule has 1 fully saturated rings. The molecule has 0 radical (unpaired) electrons. The Bertz CT molecular complexity index is 461. The summed E-state index contributed by atoms with van der Waals surface area (Å²) in [7, 11) is 0. The first-order valence-corrected chi connectivity index (χ1v) is 7.06. The molecule has 104 valence electrons. The molecule has 3 unspecified atom stereocenters. The summed E-state index contributed by atoms with van der Waals surface area (Å²) in [5.74, 6) is 0.399. The molecule has 0 saturated carbocycles. The van der Waals surface area contributed by atoms with Crippen LogP contribution in [0.4, 0.5) is 0 Å². The van der Waals surface area contributed by atoms with Gasteiger partial charge in [0.25, 0.3) is 0 Å². The Labute approximate surface area is 113 Å². The zero-order chi connectivity index (χ0) is 13.4. The number of carbonyl (C=O) groups is 1. The highest BCUT2D eigenvalue weighted by atomic mass is 16.5. The van der Waals surface area contributed by atoms with Crippen LogP contribution in [0.5, 0.6) is 0 Å². The van der Waals surface area contributed by atoms with Gasteiger partial charge in [-0.25, -0.2) is 4.98 Å². The molecule has 0 aliphatic carbocycles. The number of hydrogen-bond donors (Lipinski definition) is 0. The molecule has 0 bridgehead atoms. The van der Waals surface area contributed by atoms with E-state index in [9.17, 15) is 4.79 Å². The van der Waals surface area contributed by atoms with Crippen LogP contribution in [0.2, 0.25) is 0 Å². The molecule has 19 heavy (non-hydrogen) atoms. The van der Waals surface area contributed by atoms with Crippen molar-refractivity contribution in [2.24, 2.45) is 5.92 Å². The standard InChI is InChI=1S/C14H21N3O2/c1-10-7-17(8-11(2)19-10)14(18)12-3-4-16-9-15-6-13(16)5-12/h6,9-12H,3-5,7-8H2,1-2H3. The lowest BCUT2D eigenvalue weighted by Crippen LogP contribution is -2.50. The molecule has 3 atom stereocenters. The molecule has 0 aromatic carbocycles. The normalized spacial score (nSPS) is 31.1. The van der Waals surface area contributed by atoms with Crippen molar-refractivity contribution >= 4 is 5.91 Å². The van der Waals surface area contributed by atoms with Crippen molar-refractivity contribution < 1.29 is 9.53 Å². The lowest BCUT2D eigenvalue weighted by Gasteiger charge is -2.38. The van der Waals surface area contributed by atoms with Gasteiger partial charge in [0, 0.05) is 43.9 Å². The number of fused-ring (bicyclic) bond motifs is 1. The van der Waals surface area contributed by atoms with Gasteiger partial charge in [-0.05, 0) is 20.3 Å². The second kappa shape index (κ2) is 4.96. The summed E-state index contributed by atoms with van der Waals surface area (Å²) >= 11 is 0. The third kappa shape index (κ3) is 2.52. The summed E-state index contributed by atoms with van der Waals surface area (Å²) in [5.41, 5.74) is 1.18. The fraction of sp³-hybridized carbons (Fsp3) is 0.714. The van der Waals surface area contributed by atoms with Gasteiger partial charge in [0.15, 0.2) is 0 Å². The van der Waals surface area contributed by atoms with Crippen molar-refractivity contribution in [2.75, 3.05) is 13.1 Å². The second-order valence-corrected chi connectivity index (χ2v) is 5.77. The van der Waals surface area contributed by atoms with Crippen LogP contribution in [0.15, 0.2) is 12.5 Å². The predicted octanol–water partition coefficient (Wildman–Crippen LogP) is 1.08. The van der Waals surface area contributed by atoms with E-state index in [1.165, 1.54) is 5.69 Å². The molecule has 3 heterocycles. The second-order valence-electron chi connectivity index (χ2n) is 5.77. The number of amides is 1. The first-order valence-electron chi connectivity index (χ1n) is 7.06. The zero-order valence-corrected chi connectivity index (χ0v) is 11.6. The maximum Gasteiger partial charge on any atom is 0.226 e. The Morgan fingerprint density at radius 1 is 1.37 bits per heavy atom. The fourth-order valence-corrected chi connectivity index (χ4v) is 3.20. The van der Waals surface area contributed by atoms with Crippen LogP contribution < -0.4 is 0 Å². The summed E-state index contributed by atoms with van der Waals surface area (Å²) < 4.78 is 7.84. The summed E-state index contributed by atoms with van der Waals surface area (Å²) in [6.45, 7) is 6.41. The van der Waals surface area contributed by atoms with E-state index in [1.54, 1.807) is 0 Å². The third-order valence-corrected chi connectivity index (χ3v) is 4.05. The maximum absolute atomic E-state index is 12.6. The van der Waals surface area contributed by atoms with E-state index >= 15 is 0 Å². The van der Waals surface area contributed by atoms with Crippen molar-refractivity contribution in [3.8, 4) is 0 Å². The molecule has 1 aromatic heterocycles. The number of carbonyl (C=O) groups excluding carboxylic acids is 1. The lowest BCUT2D eigenvalue weighted by molar-refractivity contribution is -0.148. The number of hydrogen-bond acceptors (Lipinski definition) is 3. The first kappa shape index (κ1) is 12.7. The third-order valence-electron chi connectivity index (χ3n) is 4.05. The first-order chi connectivity index (χ1) is 9.13. The van der Waals surface area contributed by atoms with Crippen LogP contribution in [-0.4, -0.2) is 45.7 Å². The Kier molecular flexibility index (Phi) is 3.31. The SMILES string of the molecule is CC1CN(C(=O)C2CCn3cncc3C2)CC(C)O1. The van der Waals surface area contributed by atoms with E-state index in [0.29, 0.717) is 0 Å². The minimum absolute atomic E-state index is 0.113. The minimum Gasteiger partial charge on any atom is -0.372 e. The number of imidazole rings is 1. The van der Waals surface area contributed by atoms with E-state index in [0.717, 1.165) is 32.5 Å². The molecule has 3 rings (SSSR count). The molecule has 1 saturated heterocycles. The van der Waals surface area contributed by atoms with E-state index in [1.807, 2.05) is 31.3 Å². The minimum atomic E-state index is 0.113. The van der Waals surface area contributed by atoms with Crippen molar-refractivity contribution in [3.05, 3.63) is 18.2 Å². The van der Waals surface area contributed by atoms with Crippen molar-refractivity contribution in [2.45, 2.75) is 45.4 Å². The molecular weight excluding hydrogens is 242 g/mol. The van der Waals surface area contributed by atoms with Crippen LogP contribution in [0, 0.1) is 5.92 Å². The molecule has 5 heteroatoms. The van der Waals surface area contributed by atoms with Gasteiger partial charge in [0.1, 0.15) is 0 Å². The van der Waals surface area contributed by atoms with Crippen molar-refractivity contribution in [1.29, 1.82) is 0 Å². The zero-order valence-electron chi connectivity index (χ0n) is 11.6. The highest BCUT2D eigenvalue weighted by Crippen LogP contribution is 2.23. The number of ether oxygens (including phenoxy) is 1. The van der Waals surface area contributed by atoms with Crippen LogP contribution in [0.3, 0.4) is 0 Å². The van der Waals surface area contributed by atoms with Crippen LogP contribution >= 0.6 is 0 Å². The monoisotopic (exact) mass is 263 g/mol. The van der Waals surface area contributed by atoms with Gasteiger partial charge in [-0.1, -0.05) is 0 Å². The van der Waals surface area contributed by atoms with Crippen LogP contribution in [0.25, 0.3) is 0 Å². The van der Waals surface area contributed by atoms with Gasteiger partial charge in [0.05, 0.1) is 18.5 Å². The molecular formula is C14H21N3O2. The fourth-order valence-electron chi connectivity index (χ4n) is 3.20.